The topological polar surface area (TPSA) is 124 Å². The van der Waals surface area contributed by atoms with Crippen LogP contribution in [0.5, 0.6) is 0 Å². The number of pyridine rings is 1. The van der Waals surface area contributed by atoms with Gasteiger partial charge in [0.2, 0.25) is 0 Å². The van der Waals surface area contributed by atoms with Crippen LogP contribution in [0.2, 0.25) is 0 Å². The summed E-state index contributed by atoms with van der Waals surface area (Å²) in [5, 5.41) is 27.3. The van der Waals surface area contributed by atoms with Gasteiger partial charge in [0.15, 0.2) is 5.65 Å². The van der Waals surface area contributed by atoms with Crippen LogP contribution in [0.25, 0.3) is 27.8 Å². The third-order valence-electron chi connectivity index (χ3n) is 6.16. The molecule has 0 saturated heterocycles. The van der Waals surface area contributed by atoms with Crippen molar-refractivity contribution < 1.29 is 14.7 Å². The number of amides is 2. The smallest absolute Gasteiger partial charge is 0.270 e. The minimum atomic E-state index is -0.370. The zero-order chi connectivity index (χ0) is 25.1. The molecule has 184 valence electrons. The fourth-order valence-corrected chi connectivity index (χ4v) is 4.79. The first-order valence-corrected chi connectivity index (χ1v) is 12.7. The summed E-state index contributed by atoms with van der Waals surface area (Å²) in [7, 11) is 0. The lowest BCUT2D eigenvalue weighted by Gasteiger charge is -2.14. The number of benzene rings is 1. The SMILES string of the molecule is CC[C@@H](CO)NC(=O)c1c(-c2ccsc2)nc2c(C(=O)NCCc3ccc4cn[nH]c4c3)cccn12. The molecule has 10 heteroatoms. The molecule has 1 atom stereocenters. The number of aromatic amines is 1. The molecule has 2 amide bonds. The number of thiophene rings is 1. The largest absolute Gasteiger partial charge is 0.394 e. The Morgan fingerprint density at radius 2 is 2.11 bits per heavy atom. The highest BCUT2D eigenvalue weighted by atomic mass is 32.1. The summed E-state index contributed by atoms with van der Waals surface area (Å²) in [5.41, 5.74) is 4.45. The minimum Gasteiger partial charge on any atom is -0.394 e. The highest BCUT2D eigenvalue weighted by Gasteiger charge is 2.25. The average Bonchev–Trinajstić information content (AvgIpc) is 3.65. The van der Waals surface area contributed by atoms with E-state index in [9.17, 15) is 14.7 Å². The maximum atomic E-state index is 13.3. The van der Waals surface area contributed by atoms with E-state index in [1.165, 1.54) is 11.3 Å². The predicted molar refractivity (Wildman–Crippen MR) is 139 cm³/mol. The number of aliphatic hydroxyl groups is 1. The van der Waals surface area contributed by atoms with E-state index >= 15 is 0 Å². The number of carbonyl (C=O) groups is 2. The van der Waals surface area contributed by atoms with Gasteiger partial charge in [-0.1, -0.05) is 19.1 Å². The summed E-state index contributed by atoms with van der Waals surface area (Å²) in [6.45, 7) is 2.18. The number of aromatic nitrogens is 4. The molecule has 0 aliphatic rings. The van der Waals surface area contributed by atoms with Gasteiger partial charge in [0.1, 0.15) is 11.4 Å². The average molecular weight is 503 g/mol. The second kappa shape index (κ2) is 10.3. The molecule has 9 nitrogen and oxygen atoms in total. The van der Waals surface area contributed by atoms with Crippen molar-refractivity contribution in [2.24, 2.45) is 0 Å². The van der Waals surface area contributed by atoms with E-state index in [-0.39, 0.29) is 24.5 Å². The summed E-state index contributed by atoms with van der Waals surface area (Å²) < 4.78 is 1.65. The fraction of sp³-hybridized carbons (Fsp3) is 0.231. The highest BCUT2D eigenvalue weighted by molar-refractivity contribution is 7.08. The Bertz CT molecular complexity index is 1520. The molecule has 0 bridgehead atoms. The molecule has 1 aromatic carbocycles. The van der Waals surface area contributed by atoms with E-state index in [0.717, 1.165) is 22.0 Å². The maximum absolute atomic E-state index is 13.3. The van der Waals surface area contributed by atoms with Crippen LogP contribution in [0, 0.1) is 0 Å². The quantitative estimate of drug-likeness (QED) is 0.246. The molecule has 0 aliphatic heterocycles. The molecular formula is C26H26N6O3S. The normalized spacial score (nSPS) is 12.2. The number of nitrogens with zero attached hydrogens (tertiary/aromatic N) is 3. The second-order valence-corrected chi connectivity index (χ2v) is 9.28. The number of aliphatic hydroxyl groups excluding tert-OH is 1. The summed E-state index contributed by atoms with van der Waals surface area (Å²) in [4.78, 5) is 31.1. The monoisotopic (exact) mass is 502 g/mol. The van der Waals surface area contributed by atoms with Gasteiger partial charge in [-0.05, 0) is 48.1 Å². The summed E-state index contributed by atoms with van der Waals surface area (Å²) in [5.74, 6) is -0.616. The highest BCUT2D eigenvalue weighted by Crippen LogP contribution is 2.28. The first-order valence-electron chi connectivity index (χ1n) is 11.7. The first kappa shape index (κ1) is 23.7. The lowest BCUT2D eigenvalue weighted by molar-refractivity contribution is 0.0907. The molecule has 36 heavy (non-hydrogen) atoms. The number of hydrogen-bond acceptors (Lipinski definition) is 6. The Morgan fingerprint density at radius 3 is 2.89 bits per heavy atom. The third kappa shape index (κ3) is 4.60. The third-order valence-corrected chi connectivity index (χ3v) is 6.84. The summed E-state index contributed by atoms with van der Waals surface area (Å²) in [6.07, 6.45) is 4.75. The van der Waals surface area contributed by atoms with Gasteiger partial charge in [-0.3, -0.25) is 19.1 Å². The molecule has 4 aromatic heterocycles. The zero-order valence-electron chi connectivity index (χ0n) is 19.7. The standard InChI is InChI=1S/C26H26N6O3S/c1-2-19(14-33)29-26(35)23-22(18-8-11-36-15-18)30-24-20(4-3-10-32(23)24)25(34)27-9-7-16-5-6-17-13-28-31-21(17)12-16/h3-6,8,10-13,15,19,33H,2,7,9,14H2,1H3,(H,27,34)(H,28,31)(H,29,35)/t19-/m0/s1. The number of rotatable bonds is 9. The Morgan fingerprint density at radius 1 is 1.22 bits per heavy atom. The molecule has 0 unspecified atom stereocenters. The van der Waals surface area contributed by atoms with Crippen molar-refractivity contribution in [3.63, 3.8) is 0 Å². The number of fused-ring (bicyclic) bond motifs is 2. The second-order valence-electron chi connectivity index (χ2n) is 8.50. The van der Waals surface area contributed by atoms with Crippen LogP contribution in [-0.2, 0) is 6.42 Å². The molecule has 0 aliphatic carbocycles. The Hall–Kier alpha value is -4.02. The van der Waals surface area contributed by atoms with E-state index < -0.39 is 0 Å². The van der Waals surface area contributed by atoms with E-state index in [4.69, 9.17) is 4.98 Å². The molecule has 5 aromatic rings. The van der Waals surface area contributed by atoms with Crippen LogP contribution in [-0.4, -0.2) is 55.7 Å². The summed E-state index contributed by atoms with van der Waals surface area (Å²) >= 11 is 1.50. The number of H-pyrrole nitrogens is 1. The zero-order valence-corrected chi connectivity index (χ0v) is 20.5. The molecule has 4 heterocycles. The maximum Gasteiger partial charge on any atom is 0.270 e. The van der Waals surface area contributed by atoms with Gasteiger partial charge >= 0.3 is 0 Å². The molecule has 0 radical (unpaired) electrons. The molecule has 4 N–H and O–H groups in total. The molecule has 0 fully saturated rings. The van der Waals surface area contributed by atoms with Crippen molar-refractivity contribution in [2.75, 3.05) is 13.2 Å². The van der Waals surface area contributed by atoms with Crippen molar-refractivity contribution in [3.8, 4) is 11.3 Å². The van der Waals surface area contributed by atoms with Gasteiger partial charge in [-0.25, -0.2) is 4.98 Å². The summed E-state index contributed by atoms with van der Waals surface area (Å²) in [6, 6.07) is 11.0. The van der Waals surface area contributed by atoms with Gasteiger partial charge in [0, 0.05) is 29.1 Å². The molecule has 5 rings (SSSR count). The lowest BCUT2D eigenvalue weighted by atomic mass is 10.1. The van der Waals surface area contributed by atoms with Crippen molar-refractivity contribution in [1.82, 2.24) is 30.2 Å². The van der Waals surface area contributed by atoms with E-state index in [1.54, 1.807) is 28.9 Å². The van der Waals surface area contributed by atoms with Crippen molar-refractivity contribution in [1.29, 1.82) is 0 Å². The number of imidazole rings is 1. The van der Waals surface area contributed by atoms with Crippen LogP contribution in [0.1, 0.15) is 39.8 Å². The Labute approximate surface area is 211 Å². The molecular weight excluding hydrogens is 476 g/mol. The van der Waals surface area contributed by atoms with Crippen molar-refractivity contribution in [2.45, 2.75) is 25.8 Å². The number of carbonyl (C=O) groups excluding carboxylic acids is 2. The van der Waals surface area contributed by atoms with Crippen LogP contribution in [0.15, 0.2) is 59.6 Å². The van der Waals surface area contributed by atoms with Gasteiger partial charge in [-0.2, -0.15) is 16.4 Å². The molecule has 0 spiro atoms. The fourth-order valence-electron chi connectivity index (χ4n) is 4.15. The van der Waals surface area contributed by atoms with Crippen LogP contribution >= 0.6 is 11.3 Å². The van der Waals surface area contributed by atoms with E-state index in [1.807, 2.05) is 41.9 Å². The van der Waals surface area contributed by atoms with Gasteiger partial charge in [0.05, 0.1) is 29.9 Å². The van der Waals surface area contributed by atoms with Gasteiger partial charge in [-0.15, -0.1) is 0 Å². The number of nitrogens with one attached hydrogen (secondary N) is 3. The molecule has 0 saturated carbocycles. The minimum absolute atomic E-state index is 0.159. The Balaban J connectivity index is 1.42. The van der Waals surface area contributed by atoms with Crippen molar-refractivity contribution >= 4 is 39.7 Å². The van der Waals surface area contributed by atoms with E-state index in [2.05, 4.69) is 20.8 Å². The van der Waals surface area contributed by atoms with E-state index in [0.29, 0.717) is 42.0 Å². The van der Waals surface area contributed by atoms with Crippen LogP contribution in [0.4, 0.5) is 0 Å². The van der Waals surface area contributed by atoms with Crippen LogP contribution < -0.4 is 10.6 Å². The predicted octanol–water partition coefficient (Wildman–Crippen LogP) is 3.41. The van der Waals surface area contributed by atoms with Crippen LogP contribution in [0.3, 0.4) is 0 Å². The van der Waals surface area contributed by atoms with Gasteiger partial charge < -0.3 is 15.7 Å². The van der Waals surface area contributed by atoms with Gasteiger partial charge in [0.25, 0.3) is 11.8 Å². The number of hydrogen-bond donors (Lipinski definition) is 4. The van der Waals surface area contributed by atoms with Crippen molar-refractivity contribution in [3.05, 3.63) is 76.4 Å². The Kier molecular flexibility index (Phi) is 6.79. The first-order chi connectivity index (χ1) is 17.6. The lowest BCUT2D eigenvalue weighted by Crippen LogP contribution is -2.37.